The monoisotopic (exact) mass is 260 g/mol. The molecule has 1 saturated heterocycles. The number of benzene rings is 1. The number of nitrogens with one attached hydrogen (secondary N) is 2. The van der Waals surface area contributed by atoms with E-state index in [1.807, 2.05) is 0 Å². The molecule has 2 amide bonds. The fraction of sp³-hybridized carbons (Fsp3) is 0.429. The van der Waals surface area contributed by atoms with Crippen molar-refractivity contribution in [3.8, 4) is 5.75 Å². The minimum absolute atomic E-state index is 0.0779. The molecule has 1 aliphatic heterocycles. The van der Waals surface area contributed by atoms with Gasteiger partial charge >= 0.3 is 0 Å². The predicted molar refractivity (Wildman–Crippen MR) is 68.4 cm³/mol. The number of rotatable bonds is 3. The second-order valence-electron chi connectivity index (χ2n) is 5.26. The van der Waals surface area contributed by atoms with Crippen molar-refractivity contribution in [3.63, 3.8) is 0 Å². The van der Waals surface area contributed by atoms with Gasteiger partial charge in [0.25, 0.3) is 0 Å². The van der Waals surface area contributed by atoms with E-state index < -0.39 is 6.04 Å². The molecule has 2 fully saturated rings. The molecule has 3 rings (SSSR count). The molecule has 3 N–H and O–H groups in total. The average molecular weight is 260 g/mol. The van der Waals surface area contributed by atoms with Gasteiger partial charge in [-0.1, -0.05) is 12.1 Å². The molecule has 1 heterocycles. The molecule has 100 valence electrons. The molecule has 1 aromatic carbocycles. The topological polar surface area (TPSA) is 78.4 Å². The van der Waals surface area contributed by atoms with Gasteiger partial charge < -0.3 is 15.7 Å². The number of aromatic hydroxyl groups is 1. The predicted octanol–water partition coefficient (Wildman–Crippen LogP) is 0.328. The van der Waals surface area contributed by atoms with Gasteiger partial charge in [-0.3, -0.25) is 9.59 Å². The van der Waals surface area contributed by atoms with E-state index >= 15 is 0 Å². The van der Waals surface area contributed by atoms with E-state index in [0.29, 0.717) is 12.3 Å². The van der Waals surface area contributed by atoms with Crippen molar-refractivity contribution in [2.45, 2.75) is 31.3 Å². The Bertz CT molecular complexity index is 508. The normalized spacial score (nSPS) is 26.7. The van der Waals surface area contributed by atoms with Crippen LogP contribution < -0.4 is 10.6 Å². The summed E-state index contributed by atoms with van der Waals surface area (Å²) in [6.45, 7) is 0. The van der Waals surface area contributed by atoms with Crippen LogP contribution in [-0.2, 0) is 16.0 Å². The highest BCUT2D eigenvalue weighted by atomic mass is 16.3. The average Bonchev–Trinajstić information content (AvgIpc) is 3.20. The summed E-state index contributed by atoms with van der Waals surface area (Å²) in [4.78, 5) is 23.9. The summed E-state index contributed by atoms with van der Waals surface area (Å²) in [7, 11) is 0. The Morgan fingerprint density at radius 1 is 1.05 bits per heavy atom. The fourth-order valence-corrected chi connectivity index (χ4v) is 2.42. The summed E-state index contributed by atoms with van der Waals surface area (Å²) in [5.74, 6) is 0.309. The van der Waals surface area contributed by atoms with E-state index in [-0.39, 0.29) is 23.6 Å². The van der Waals surface area contributed by atoms with Crippen LogP contribution in [0, 0.1) is 5.92 Å². The number of hydrogen-bond donors (Lipinski definition) is 3. The highest BCUT2D eigenvalue weighted by molar-refractivity contribution is 5.97. The van der Waals surface area contributed by atoms with Crippen molar-refractivity contribution in [3.05, 3.63) is 29.8 Å². The van der Waals surface area contributed by atoms with E-state index in [9.17, 15) is 14.7 Å². The summed E-state index contributed by atoms with van der Waals surface area (Å²) in [5.41, 5.74) is 0.906. The number of phenolic OH excluding ortho intramolecular Hbond substituents is 1. The van der Waals surface area contributed by atoms with E-state index in [0.717, 1.165) is 18.4 Å². The standard InChI is InChI=1S/C14H16N2O3/c17-10-5-1-8(2-6-10)7-11-13(18)16-12(9-3-4-9)14(19)15-11/h1-2,5-6,9,11-12,17H,3-4,7H2,(H,15,19)(H,16,18)/t11-,12+/m1/s1. The van der Waals surface area contributed by atoms with Crippen molar-refractivity contribution < 1.29 is 14.7 Å². The van der Waals surface area contributed by atoms with Gasteiger partial charge in [-0.15, -0.1) is 0 Å². The van der Waals surface area contributed by atoms with Gasteiger partial charge in [0.05, 0.1) is 0 Å². The third-order valence-electron chi connectivity index (χ3n) is 3.68. The smallest absolute Gasteiger partial charge is 0.243 e. The lowest BCUT2D eigenvalue weighted by molar-refractivity contribution is -0.137. The Morgan fingerprint density at radius 2 is 1.74 bits per heavy atom. The first kappa shape index (κ1) is 12.0. The second-order valence-corrected chi connectivity index (χ2v) is 5.26. The zero-order valence-corrected chi connectivity index (χ0v) is 10.4. The molecule has 1 saturated carbocycles. The summed E-state index contributed by atoms with van der Waals surface area (Å²) in [6, 6.07) is 5.79. The van der Waals surface area contributed by atoms with Crippen LogP contribution in [0.1, 0.15) is 18.4 Å². The van der Waals surface area contributed by atoms with E-state index in [2.05, 4.69) is 10.6 Å². The molecule has 5 nitrogen and oxygen atoms in total. The fourth-order valence-electron chi connectivity index (χ4n) is 2.42. The Balaban J connectivity index is 1.66. The molecule has 0 unspecified atom stereocenters. The maximum atomic E-state index is 12.0. The summed E-state index contributed by atoms with van der Waals surface area (Å²) >= 11 is 0. The van der Waals surface area contributed by atoms with Crippen LogP contribution in [0.15, 0.2) is 24.3 Å². The molecule has 0 bridgehead atoms. The van der Waals surface area contributed by atoms with Gasteiger partial charge in [-0.05, 0) is 36.5 Å². The van der Waals surface area contributed by atoms with Crippen LogP contribution in [-0.4, -0.2) is 29.0 Å². The van der Waals surface area contributed by atoms with Crippen molar-refractivity contribution in [2.75, 3.05) is 0 Å². The van der Waals surface area contributed by atoms with Crippen LogP contribution in [0.25, 0.3) is 0 Å². The van der Waals surface area contributed by atoms with Gasteiger partial charge in [-0.25, -0.2) is 0 Å². The van der Waals surface area contributed by atoms with Gasteiger partial charge in [0.2, 0.25) is 11.8 Å². The number of hydrogen-bond acceptors (Lipinski definition) is 3. The highest BCUT2D eigenvalue weighted by Gasteiger charge is 2.42. The molecular formula is C14H16N2O3. The zero-order chi connectivity index (χ0) is 13.4. The Kier molecular flexibility index (Phi) is 2.89. The molecule has 2 aliphatic rings. The van der Waals surface area contributed by atoms with Gasteiger partial charge in [0.1, 0.15) is 17.8 Å². The number of amides is 2. The minimum atomic E-state index is -0.521. The number of phenols is 1. The lowest BCUT2D eigenvalue weighted by atomic mass is 10.0. The Labute approximate surface area is 111 Å². The quantitative estimate of drug-likeness (QED) is 0.732. The first-order valence-corrected chi connectivity index (χ1v) is 6.52. The van der Waals surface area contributed by atoms with Crippen LogP contribution >= 0.6 is 0 Å². The van der Waals surface area contributed by atoms with Crippen molar-refractivity contribution in [1.82, 2.24) is 10.6 Å². The molecule has 0 spiro atoms. The first-order valence-electron chi connectivity index (χ1n) is 6.52. The van der Waals surface area contributed by atoms with Crippen LogP contribution in [0.3, 0.4) is 0 Å². The summed E-state index contributed by atoms with van der Waals surface area (Å²) < 4.78 is 0. The molecule has 1 aromatic rings. The van der Waals surface area contributed by atoms with Crippen LogP contribution in [0.2, 0.25) is 0 Å². The van der Waals surface area contributed by atoms with Crippen LogP contribution in [0.4, 0.5) is 0 Å². The minimum Gasteiger partial charge on any atom is -0.508 e. The Hall–Kier alpha value is -2.04. The second kappa shape index (κ2) is 4.57. The van der Waals surface area contributed by atoms with Crippen molar-refractivity contribution >= 4 is 11.8 Å². The van der Waals surface area contributed by atoms with E-state index in [4.69, 9.17) is 0 Å². The number of piperazine rings is 1. The van der Waals surface area contributed by atoms with Gasteiger partial charge in [-0.2, -0.15) is 0 Å². The lowest BCUT2D eigenvalue weighted by Crippen LogP contribution is -2.63. The zero-order valence-electron chi connectivity index (χ0n) is 10.4. The molecule has 1 aliphatic carbocycles. The third kappa shape index (κ3) is 2.54. The van der Waals surface area contributed by atoms with Crippen molar-refractivity contribution in [1.29, 1.82) is 0 Å². The summed E-state index contributed by atoms with van der Waals surface area (Å²) in [5, 5.41) is 14.8. The van der Waals surface area contributed by atoms with E-state index in [1.165, 1.54) is 0 Å². The lowest BCUT2D eigenvalue weighted by Gasteiger charge is -2.29. The maximum Gasteiger partial charge on any atom is 0.243 e. The van der Waals surface area contributed by atoms with Crippen molar-refractivity contribution in [2.24, 2.45) is 5.92 Å². The first-order chi connectivity index (χ1) is 9.13. The third-order valence-corrected chi connectivity index (χ3v) is 3.68. The molecular weight excluding hydrogens is 244 g/mol. The van der Waals surface area contributed by atoms with Gasteiger partial charge in [0.15, 0.2) is 0 Å². The number of carbonyl (C=O) groups excluding carboxylic acids is 2. The molecule has 2 atom stereocenters. The largest absolute Gasteiger partial charge is 0.508 e. The van der Waals surface area contributed by atoms with E-state index in [1.54, 1.807) is 24.3 Å². The molecule has 0 radical (unpaired) electrons. The SMILES string of the molecule is O=C1N[C@H](Cc2ccc(O)cc2)C(=O)N[C@H]1C1CC1. The summed E-state index contributed by atoms with van der Waals surface area (Å²) in [6.07, 6.45) is 2.47. The molecule has 0 aromatic heterocycles. The Morgan fingerprint density at radius 3 is 2.37 bits per heavy atom. The van der Waals surface area contributed by atoms with Crippen LogP contribution in [0.5, 0.6) is 5.75 Å². The maximum absolute atomic E-state index is 12.0. The van der Waals surface area contributed by atoms with Gasteiger partial charge in [0, 0.05) is 6.42 Å². The molecule has 19 heavy (non-hydrogen) atoms. The number of carbonyl (C=O) groups is 2. The molecule has 5 heteroatoms. The highest BCUT2D eigenvalue weighted by Crippen LogP contribution is 2.33.